The van der Waals surface area contributed by atoms with Crippen molar-refractivity contribution < 1.29 is 14.3 Å². The summed E-state index contributed by atoms with van der Waals surface area (Å²) in [5.74, 6) is 0.117. The van der Waals surface area contributed by atoms with Gasteiger partial charge in [-0.2, -0.15) is 0 Å². The highest BCUT2D eigenvalue weighted by Crippen LogP contribution is 2.59. The van der Waals surface area contributed by atoms with Gasteiger partial charge in [-0.05, 0) is 51.2 Å². The standard InChI is InChI=1S/C17H22ClN3O3/c1-16(2,3)24-15(23)21-10(8-17(4)9-11(17)21)14(22)20-13-7-5-6-12(18)19-13/h5-7,10-11H,8-9H2,1-4H3,(H,19,20,22)/t10-,11+,17-/m0/s1. The molecule has 3 atom stereocenters. The van der Waals surface area contributed by atoms with Crippen molar-refractivity contribution in [3.05, 3.63) is 23.4 Å². The Hall–Kier alpha value is -1.82. The molecule has 1 aromatic rings. The zero-order chi connectivity index (χ0) is 17.7. The maximum Gasteiger partial charge on any atom is 0.411 e. The normalized spacial score (nSPS) is 28.3. The number of hydrogen-bond donors (Lipinski definition) is 1. The molecule has 24 heavy (non-hydrogen) atoms. The second-order valence-electron chi connectivity index (χ2n) is 7.82. The van der Waals surface area contributed by atoms with Gasteiger partial charge in [-0.15, -0.1) is 0 Å². The number of aromatic nitrogens is 1. The number of amides is 2. The van der Waals surface area contributed by atoms with E-state index in [0.29, 0.717) is 17.4 Å². The van der Waals surface area contributed by atoms with Gasteiger partial charge in [0, 0.05) is 6.04 Å². The minimum Gasteiger partial charge on any atom is -0.444 e. The van der Waals surface area contributed by atoms with Gasteiger partial charge in [0.15, 0.2) is 0 Å². The zero-order valence-corrected chi connectivity index (χ0v) is 15.1. The van der Waals surface area contributed by atoms with Crippen LogP contribution in [0.1, 0.15) is 40.5 Å². The van der Waals surface area contributed by atoms with E-state index in [4.69, 9.17) is 16.3 Å². The molecule has 1 aromatic heterocycles. The average Bonchev–Trinajstić information content (AvgIpc) is 2.98. The van der Waals surface area contributed by atoms with E-state index >= 15 is 0 Å². The van der Waals surface area contributed by atoms with Crippen LogP contribution in [-0.2, 0) is 9.53 Å². The van der Waals surface area contributed by atoms with Crippen LogP contribution in [0.3, 0.4) is 0 Å². The molecule has 1 saturated heterocycles. The molecule has 3 rings (SSSR count). The van der Waals surface area contributed by atoms with E-state index in [1.54, 1.807) is 23.1 Å². The van der Waals surface area contributed by atoms with Crippen LogP contribution in [-0.4, -0.2) is 39.6 Å². The van der Waals surface area contributed by atoms with E-state index in [1.807, 2.05) is 20.8 Å². The van der Waals surface area contributed by atoms with Crippen LogP contribution >= 0.6 is 11.6 Å². The van der Waals surface area contributed by atoms with Crippen molar-refractivity contribution in [2.45, 2.75) is 58.2 Å². The molecular formula is C17H22ClN3O3. The van der Waals surface area contributed by atoms with E-state index in [2.05, 4.69) is 17.2 Å². The monoisotopic (exact) mass is 351 g/mol. The first-order valence-electron chi connectivity index (χ1n) is 8.04. The molecule has 1 aliphatic carbocycles. The fraction of sp³-hybridized carbons (Fsp3) is 0.588. The van der Waals surface area contributed by atoms with E-state index in [1.165, 1.54) is 0 Å². The minimum absolute atomic E-state index is 0.000667. The predicted molar refractivity (Wildman–Crippen MR) is 90.9 cm³/mol. The second-order valence-corrected chi connectivity index (χ2v) is 8.20. The molecule has 1 N–H and O–H groups in total. The Kier molecular flexibility index (Phi) is 3.98. The van der Waals surface area contributed by atoms with Gasteiger partial charge in [-0.3, -0.25) is 9.69 Å². The lowest BCUT2D eigenvalue weighted by atomic mass is 10.0. The molecule has 0 bridgehead atoms. The molecule has 0 aromatic carbocycles. The summed E-state index contributed by atoms with van der Waals surface area (Å²) in [4.78, 5) is 30.9. The molecule has 1 saturated carbocycles. The Morgan fingerprint density at radius 2 is 2.08 bits per heavy atom. The zero-order valence-electron chi connectivity index (χ0n) is 14.3. The molecule has 0 spiro atoms. The number of anilines is 1. The largest absolute Gasteiger partial charge is 0.444 e. The van der Waals surface area contributed by atoms with E-state index in [0.717, 1.165) is 6.42 Å². The number of carbonyl (C=O) groups excluding carboxylic acids is 2. The van der Waals surface area contributed by atoms with E-state index in [-0.39, 0.29) is 17.4 Å². The number of rotatable bonds is 2. The van der Waals surface area contributed by atoms with Crippen molar-refractivity contribution in [1.82, 2.24) is 9.88 Å². The second kappa shape index (κ2) is 5.62. The third kappa shape index (κ3) is 3.34. The molecule has 0 radical (unpaired) electrons. The maximum absolute atomic E-state index is 12.7. The average molecular weight is 352 g/mol. The molecule has 130 valence electrons. The lowest BCUT2D eigenvalue weighted by molar-refractivity contribution is -0.121. The molecule has 7 heteroatoms. The lowest BCUT2D eigenvalue weighted by Gasteiger charge is -2.29. The van der Waals surface area contributed by atoms with Crippen molar-refractivity contribution in [3.63, 3.8) is 0 Å². The molecule has 6 nitrogen and oxygen atoms in total. The first kappa shape index (κ1) is 17.0. The number of halogens is 1. The van der Waals surface area contributed by atoms with E-state index in [9.17, 15) is 9.59 Å². The molecule has 2 amide bonds. The lowest BCUT2D eigenvalue weighted by Crippen LogP contribution is -2.47. The van der Waals surface area contributed by atoms with Crippen LogP contribution in [0, 0.1) is 5.41 Å². The van der Waals surface area contributed by atoms with Crippen molar-refractivity contribution >= 4 is 29.4 Å². The summed E-state index contributed by atoms with van der Waals surface area (Å²) in [5.41, 5.74) is -0.596. The summed E-state index contributed by atoms with van der Waals surface area (Å²) >= 11 is 5.85. The highest BCUT2D eigenvalue weighted by Gasteiger charge is 2.65. The van der Waals surface area contributed by atoms with Gasteiger partial charge in [0.1, 0.15) is 22.6 Å². The highest BCUT2D eigenvalue weighted by molar-refractivity contribution is 6.29. The van der Waals surface area contributed by atoms with Gasteiger partial charge < -0.3 is 10.1 Å². The number of nitrogens with one attached hydrogen (secondary N) is 1. The summed E-state index contributed by atoms with van der Waals surface area (Å²) in [6.45, 7) is 7.55. The number of carbonyl (C=O) groups is 2. The summed E-state index contributed by atoms with van der Waals surface area (Å²) < 4.78 is 5.48. The van der Waals surface area contributed by atoms with Crippen LogP contribution < -0.4 is 5.32 Å². The van der Waals surface area contributed by atoms with Crippen molar-refractivity contribution in [2.75, 3.05) is 5.32 Å². The van der Waals surface area contributed by atoms with Crippen LogP contribution in [0.4, 0.5) is 10.6 Å². The Morgan fingerprint density at radius 1 is 1.38 bits per heavy atom. The summed E-state index contributed by atoms with van der Waals surface area (Å²) in [7, 11) is 0. The SMILES string of the molecule is CC(C)(C)OC(=O)N1[C@H](C(=O)Nc2cccc(Cl)n2)C[C@@]2(C)C[C@@H]12. The fourth-order valence-corrected chi connectivity index (χ4v) is 3.43. The van der Waals surface area contributed by atoms with Crippen LogP contribution in [0.25, 0.3) is 0 Å². The Balaban J connectivity index is 1.75. The summed E-state index contributed by atoms with van der Waals surface area (Å²) in [5, 5.41) is 3.05. The third-order valence-electron chi connectivity index (χ3n) is 4.51. The topological polar surface area (TPSA) is 71.5 Å². The molecule has 2 heterocycles. The number of hydrogen-bond acceptors (Lipinski definition) is 4. The maximum atomic E-state index is 12.7. The predicted octanol–water partition coefficient (Wildman–Crippen LogP) is 3.46. The Bertz CT molecular complexity index is 688. The van der Waals surface area contributed by atoms with Gasteiger partial charge in [0.05, 0.1) is 0 Å². The van der Waals surface area contributed by atoms with Gasteiger partial charge in [0.2, 0.25) is 5.91 Å². The first-order chi connectivity index (χ1) is 11.1. The van der Waals surface area contributed by atoms with Gasteiger partial charge in [-0.25, -0.2) is 9.78 Å². The first-order valence-corrected chi connectivity index (χ1v) is 8.42. The Labute approximate surface area is 146 Å². The van der Waals surface area contributed by atoms with Crippen molar-refractivity contribution in [1.29, 1.82) is 0 Å². The summed E-state index contributed by atoms with van der Waals surface area (Å²) in [6, 6.07) is 4.53. The fourth-order valence-electron chi connectivity index (χ4n) is 3.27. The Morgan fingerprint density at radius 3 is 2.71 bits per heavy atom. The van der Waals surface area contributed by atoms with Crippen LogP contribution in [0.5, 0.6) is 0 Å². The van der Waals surface area contributed by atoms with Crippen LogP contribution in [0.2, 0.25) is 5.15 Å². The van der Waals surface area contributed by atoms with Crippen molar-refractivity contribution in [3.8, 4) is 0 Å². The molecule has 2 aliphatic rings. The van der Waals surface area contributed by atoms with E-state index < -0.39 is 17.7 Å². The quantitative estimate of drug-likeness (QED) is 0.828. The van der Waals surface area contributed by atoms with Crippen molar-refractivity contribution in [2.24, 2.45) is 5.41 Å². The van der Waals surface area contributed by atoms with Gasteiger partial charge >= 0.3 is 6.09 Å². The van der Waals surface area contributed by atoms with Gasteiger partial charge in [-0.1, -0.05) is 24.6 Å². The number of likely N-dealkylation sites (tertiary alicyclic amines) is 1. The number of pyridine rings is 1. The number of piperidine rings is 1. The number of nitrogens with zero attached hydrogens (tertiary/aromatic N) is 2. The molecular weight excluding hydrogens is 330 g/mol. The number of ether oxygens (including phenoxy) is 1. The van der Waals surface area contributed by atoms with Gasteiger partial charge in [0.25, 0.3) is 0 Å². The molecule has 2 fully saturated rings. The molecule has 0 unspecified atom stereocenters. The summed E-state index contributed by atoms with van der Waals surface area (Å²) in [6.07, 6.45) is 1.10. The number of fused-ring (bicyclic) bond motifs is 1. The molecule has 1 aliphatic heterocycles. The highest BCUT2D eigenvalue weighted by atomic mass is 35.5. The minimum atomic E-state index is -0.597. The smallest absolute Gasteiger partial charge is 0.411 e. The van der Waals surface area contributed by atoms with Crippen LogP contribution in [0.15, 0.2) is 18.2 Å². The third-order valence-corrected chi connectivity index (χ3v) is 4.72.